The van der Waals surface area contributed by atoms with E-state index in [1.54, 1.807) is 7.11 Å². The number of amides is 1. The van der Waals surface area contributed by atoms with E-state index >= 15 is 0 Å². The van der Waals surface area contributed by atoms with E-state index in [0.29, 0.717) is 12.5 Å². The first-order valence-corrected chi connectivity index (χ1v) is 9.17. The number of hydrogen-bond donors (Lipinski definition) is 0. The zero-order valence-electron chi connectivity index (χ0n) is 16.4. The average Bonchev–Trinajstić information content (AvgIpc) is 2.56. The SMILES string of the molecule is COc1ccc(C)cc1CC(=O)N(CCN(C)C)C1CCN(C)CC1. The first-order valence-electron chi connectivity index (χ1n) is 9.17. The minimum absolute atomic E-state index is 0.209. The van der Waals surface area contributed by atoms with E-state index in [1.165, 1.54) is 0 Å². The monoisotopic (exact) mass is 347 g/mol. The Bertz CT molecular complexity index is 566. The molecule has 140 valence electrons. The van der Waals surface area contributed by atoms with Crippen molar-refractivity contribution in [2.24, 2.45) is 0 Å². The van der Waals surface area contributed by atoms with Crippen LogP contribution in [0.5, 0.6) is 5.75 Å². The first kappa shape index (κ1) is 19.7. The summed E-state index contributed by atoms with van der Waals surface area (Å²) in [4.78, 5) is 19.7. The summed E-state index contributed by atoms with van der Waals surface area (Å²) in [5, 5.41) is 0. The molecule has 0 saturated carbocycles. The summed E-state index contributed by atoms with van der Waals surface area (Å²) in [6.07, 6.45) is 2.52. The van der Waals surface area contributed by atoms with Crippen molar-refractivity contribution >= 4 is 5.91 Å². The number of benzene rings is 1. The number of nitrogens with zero attached hydrogens (tertiary/aromatic N) is 3. The number of piperidine rings is 1. The fourth-order valence-corrected chi connectivity index (χ4v) is 3.44. The molecule has 25 heavy (non-hydrogen) atoms. The molecular weight excluding hydrogens is 314 g/mol. The lowest BCUT2D eigenvalue weighted by Gasteiger charge is -2.38. The normalized spacial score (nSPS) is 16.2. The molecular formula is C20H33N3O2. The third-order valence-corrected chi connectivity index (χ3v) is 5.01. The number of ether oxygens (including phenoxy) is 1. The molecule has 1 aliphatic rings. The number of carbonyl (C=O) groups is 1. The van der Waals surface area contributed by atoms with Crippen molar-refractivity contribution in [3.8, 4) is 5.75 Å². The van der Waals surface area contributed by atoms with Gasteiger partial charge in [-0.3, -0.25) is 4.79 Å². The summed E-state index contributed by atoms with van der Waals surface area (Å²) in [5.74, 6) is 1.01. The van der Waals surface area contributed by atoms with Gasteiger partial charge in [0.25, 0.3) is 0 Å². The molecule has 1 heterocycles. The molecule has 0 bridgehead atoms. The van der Waals surface area contributed by atoms with Crippen LogP contribution in [0, 0.1) is 6.92 Å². The van der Waals surface area contributed by atoms with E-state index in [9.17, 15) is 4.79 Å². The maximum atomic E-state index is 13.1. The predicted octanol–water partition coefficient (Wildman–Crippen LogP) is 2.03. The molecule has 0 aromatic heterocycles. The number of aryl methyl sites for hydroxylation is 1. The maximum Gasteiger partial charge on any atom is 0.227 e. The zero-order chi connectivity index (χ0) is 18.4. The van der Waals surface area contributed by atoms with Crippen LogP contribution in [0.2, 0.25) is 0 Å². The lowest BCUT2D eigenvalue weighted by molar-refractivity contribution is -0.134. The third kappa shape index (κ3) is 5.72. The van der Waals surface area contributed by atoms with Crippen LogP contribution in [-0.4, -0.2) is 81.1 Å². The lowest BCUT2D eigenvalue weighted by atomic mass is 10.0. The number of methoxy groups -OCH3 is 1. The maximum absolute atomic E-state index is 13.1. The molecule has 1 aromatic carbocycles. The molecule has 1 fully saturated rings. The summed E-state index contributed by atoms with van der Waals surface area (Å²) >= 11 is 0. The molecule has 5 nitrogen and oxygen atoms in total. The van der Waals surface area contributed by atoms with Crippen LogP contribution in [0.1, 0.15) is 24.0 Å². The van der Waals surface area contributed by atoms with Gasteiger partial charge in [0.1, 0.15) is 5.75 Å². The highest BCUT2D eigenvalue weighted by molar-refractivity contribution is 5.80. The first-order chi connectivity index (χ1) is 11.9. The summed E-state index contributed by atoms with van der Waals surface area (Å²) in [6, 6.07) is 6.39. The van der Waals surface area contributed by atoms with Gasteiger partial charge in [-0.25, -0.2) is 0 Å². The minimum atomic E-state index is 0.209. The van der Waals surface area contributed by atoms with E-state index in [4.69, 9.17) is 4.74 Å². The second-order valence-corrected chi connectivity index (χ2v) is 7.42. The molecule has 1 aliphatic heterocycles. The van der Waals surface area contributed by atoms with Crippen molar-refractivity contribution in [2.45, 2.75) is 32.2 Å². The van der Waals surface area contributed by atoms with Crippen LogP contribution in [0.15, 0.2) is 18.2 Å². The van der Waals surface area contributed by atoms with E-state index < -0.39 is 0 Å². The molecule has 1 aromatic rings. The molecule has 0 unspecified atom stereocenters. The van der Waals surface area contributed by atoms with Crippen LogP contribution >= 0.6 is 0 Å². The molecule has 2 rings (SSSR count). The molecule has 0 atom stereocenters. The van der Waals surface area contributed by atoms with E-state index in [2.05, 4.69) is 41.9 Å². The number of likely N-dealkylation sites (tertiary alicyclic amines) is 1. The van der Waals surface area contributed by atoms with Crippen LogP contribution in [0.4, 0.5) is 0 Å². The second-order valence-electron chi connectivity index (χ2n) is 7.42. The highest BCUT2D eigenvalue weighted by Crippen LogP contribution is 2.23. The fourth-order valence-electron chi connectivity index (χ4n) is 3.44. The average molecular weight is 348 g/mol. The molecule has 0 N–H and O–H groups in total. The molecule has 1 saturated heterocycles. The van der Waals surface area contributed by atoms with Crippen molar-refractivity contribution in [1.82, 2.24) is 14.7 Å². The van der Waals surface area contributed by atoms with Gasteiger partial charge < -0.3 is 19.4 Å². The van der Waals surface area contributed by atoms with Gasteiger partial charge in [0.05, 0.1) is 13.5 Å². The Balaban J connectivity index is 2.12. The summed E-state index contributed by atoms with van der Waals surface area (Å²) in [7, 11) is 7.93. The van der Waals surface area contributed by atoms with Gasteiger partial charge in [-0.15, -0.1) is 0 Å². The van der Waals surface area contributed by atoms with Gasteiger partial charge in [-0.2, -0.15) is 0 Å². The lowest BCUT2D eigenvalue weighted by Crippen LogP contribution is -2.49. The Hall–Kier alpha value is -1.59. The smallest absolute Gasteiger partial charge is 0.227 e. The molecule has 0 aliphatic carbocycles. The molecule has 5 heteroatoms. The van der Waals surface area contributed by atoms with Crippen molar-refractivity contribution in [3.05, 3.63) is 29.3 Å². The van der Waals surface area contributed by atoms with Gasteiger partial charge in [-0.1, -0.05) is 17.7 Å². The summed E-state index contributed by atoms with van der Waals surface area (Å²) in [6.45, 7) is 5.85. The largest absolute Gasteiger partial charge is 0.496 e. The molecule has 0 radical (unpaired) electrons. The topological polar surface area (TPSA) is 36.0 Å². The Labute approximate surface area is 152 Å². The Kier molecular flexibility index (Phi) is 7.26. The van der Waals surface area contributed by atoms with Crippen LogP contribution in [-0.2, 0) is 11.2 Å². The van der Waals surface area contributed by atoms with Gasteiger partial charge in [0, 0.05) is 24.7 Å². The van der Waals surface area contributed by atoms with Gasteiger partial charge >= 0.3 is 0 Å². The van der Waals surface area contributed by atoms with Crippen molar-refractivity contribution < 1.29 is 9.53 Å². The number of hydrogen-bond acceptors (Lipinski definition) is 4. The standard InChI is InChI=1S/C20H33N3O2/c1-16-6-7-19(25-5)17(14-16)15-20(24)23(13-12-21(2)3)18-8-10-22(4)11-9-18/h6-7,14,18H,8-13,15H2,1-5H3. The Morgan fingerprint density at radius 1 is 1.24 bits per heavy atom. The quantitative estimate of drug-likeness (QED) is 0.756. The number of carbonyl (C=O) groups excluding carboxylic acids is 1. The van der Waals surface area contributed by atoms with Crippen molar-refractivity contribution in [2.75, 3.05) is 54.4 Å². The van der Waals surface area contributed by atoms with Gasteiger partial charge in [-0.05, 0) is 60.1 Å². The van der Waals surface area contributed by atoms with E-state index in [0.717, 1.165) is 55.9 Å². The minimum Gasteiger partial charge on any atom is -0.496 e. The zero-order valence-corrected chi connectivity index (χ0v) is 16.4. The third-order valence-electron chi connectivity index (χ3n) is 5.01. The van der Waals surface area contributed by atoms with Gasteiger partial charge in [0.15, 0.2) is 0 Å². The van der Waals surface area contributed by atoms with E-state index in [-0.39, 0.29) is 5.91 Å². The van der Waals surface area contributed by atoms with Crippen LogP contribution in [0.25, 0.3) is 0 Å². The highest BCUT2D eigenvalue weighted by Gasteiger charge is 2.27. The van der Waals surface area contributed by atoms with Gasteiger partial charge in [0.2, 0.25) is 5.91 Å². The van der Waals surface area contributed by atoms with Crippen LogP contribution in [0.3, 0.4) is 0 Å². The number of rotatable bonds is 7. The van der Waals surface area contributed by atoms with Crippen molar-refractivity contribution in [3.63, 3.8) is 0 Å². The Morgan fingerprint density at radius 2 is 1.92 bits per heavy atom. The van der Waals surface area contributed by atoms with Crippen molar-refractivity contribution in [1.29, 1.82) is 0 Å². The second kappa shape index (κ2) is 9.20. The fraction of sp³-hybridized carbons (Fsp3) is 0.650. The summed E-state index contributed by atoms with van der Waals surface area (Å²) < 4.78 is 5.45. The highest BCUT2D eigenvalue weighted by atomic mass is 16.5. The van der Waals surface area contributed by atoms with Crippen LogP contribution < -0.4 is 4.74 Å². The number of likely N-dealkylation sites (N-methyl/N-ethyl adjacent to an activating group) is 1. The van der Waals surface area contributed by atoms with E-state index in [1.807, 2.05) is 19.1 Å². The molecule has 1 amide bonds. The predicted molar refractivity (Wildman–Crippen MR) is 102 cm³/mol. The molecule has 0 spiro atoms. The summed E-state index contributed by atoms with van der Waals surface area (Å²) in [5.41, 5.74) is 2.14. The Morgan fingerprint density at radius 3 is 2.52 bits per heavy atom.